The largest absolute Gasteiger partial charge is 0.386 e. The fraction of sp³-hybridized carbons (Fsp3) is 0.0714. The molecule has 0 bridgehead atoms. The summed E-state index contributed by atoms with van der Waals surface area (Å²) in [6.45, 7) is 0. The number of nitrogens with one attached hydrogen (secondary N) is 2. The monoisotopic (exact) mass is 352 g/mol. The van der Waals surface area contributed by atoms with Gasteiger partial charge in [-0.25, -0.2) is 0 Å². The molecule has 18 heavy (non-hydrogen) atoms. The quantitative estimate of drug-likeness (QED) is 0.829. The minimum absolute atomic E-state index is 0.0947. The lowest BCUT2D eigenvalue weighted by atomic mass is 10.2. The van der Waals surface area contributed by atoms with Crippen molar-refractivity contribution in [2.45, 2.75) is 0 Å². The predicted octanol–water partition coefficient (Wildman–Crippen LogP) is 3.59. The second-order valence-electron chi connectivity index (χ2n) is 3.73. The van der Waals surface area contributed by atoms with E-state index in [0.717, 1.165) is 14.9 Å². The van der Waals surface area contributed by atoms with Crippen LogP contribution >= 0.6 is 22.6 Å². The van der Waals surface area contributed by atoms with Gasteiger partial charge in [-0.1, -0.05) is 24.3 Å². The maximum atomic E-state index is 12.2. The number of anilines is 2. The molecule has 2 N–H and O–H groups in total. The molecule has 0 unspecified atom stereocenters. The lowest BCUT2D eigenvalue weighted by Gasteiger charge is -2.11. The number of hydrogen-bond acceptors (Lipinski definition) is 2. The van der Waals surface area contributed by atoms with E-state index in [0.29, 0.717) is 5.56 Å². The van der Waals surface area contributed by atoms with Crippen LogP contribution < -0.4 is 10.6 Å². The number of carbonyl (C=O) groups excluding carboxylic acids is 1. The van der Waals surface area contributed by atoms with Crippen LogP contribution in [0.5, 0.6) is 0 Å². The minimum Gasteiger partial charge on any atom is -0.386 e. The molecule has 0 aliphatic heterocycles. The SMILES string of the molecule is CNc1ccccc1NC(=O)c1ccccc1I. The van der Waals surface area contributed by atoms with Gasteiger partial charge in [0.15, 0.2) is 0 Å². The Kier molecular flexibility index (Phi) is 4.19. The molecule has 0 radical (unpaired) electrons. The number of hydrogen-bond donors (Lipinski definition) is 2. The number of amides is 1. The molecule has 2 aromatic carbocycles. The van der Waals surface area contributed by atoms with Gasteiger partial charge in [0.05, 0.1) is 16.9 Å². The Morgan fingerprint density at radius 2 is 1.61 bits per heavy atom. The van der Waals surface area contributed by atoms with E-state index in [1.54, 1.807) is 0 Å². The van der Waals surface area contributed by atoms with Crippen LogP contribution in [0.1, 0.15) is 10.4 Å². The van der Waals surface area contributed by atoms with Crippen molar-refractivity contribution in [3.63, 3.8) is 0 Å². The lowest BCUT2D eigenvalue weighted by Crippen LogP contribution is -2.14. The zero-order valence-electron chi connectivity index (χ0n) is 9.91. The summed E-state index contributed by atoms with van der Waals surface area (Å²) in [5, 5.41) is 5.96. The highest BCUT2D eigenvalue weighted by molar-refractivity contribution is 14.1. The van der Waals surface area contributed by atoms with Crippen molar-refractivity contribution >= 4 is 39.9 Å². The topological polar surface area (TPSA) is 41.1 Å². The van der Waals surface area contributed by atoms with Gasteiger partial charge in [-0.2, -0.15) is 0 Å². The van der Waals surface area contributed by atoms with Crippen LogP contribution in [0.25, 0.3) is 0 Å². The molecule has 0 heterocycles. The summed E-state index contributed by atoms with van der Waals surface area (Å²) in [6.07, 6.45) is 0. The molecule has 4 heteroatoms. The molecule has 0 atom stereocenters. The number of halogens is 1. The summed E-state index contributed by atoms with van der Waals surface area (Å²) in [7, 11) is 1.83. The molecule has 2 aromatic rings. The highest BCUT2D eigenvalue weighted by Crippen LogP contribution is 2.21. The first-order valence-electron chi connectivity index (χ1n) is 5.55. The summed E-state index contributed by atoms with van der Waals surface area (Å²) in [6, 6.07) is 15.1. The first kappa shape index (κ1) is 12.9. The van der Waals surface area contributed by atoms with Crippen molar-refractivity contribution in [1.29, 1.82) is 0 Å². The fourth-order valence-electron chi connectivity index (χ4n) is 1.65. The van der Waals surface area contributed by atoms with Gasteiger partial charge in [-0.3, -0.25) is 4.79 Å². The summed E-state index contributed by atoms with van der Waals surface area (Å²) in [5.74, 6) is -0.0947. The molecular formula is C14H13IN2O. The van der Waals surface area contributed by atoms with Gasteiger partial charge in [-0.05, 0) is 46.9 Å². The molecule has 1 amide bonds. The van der Waals surface area contributed by atoms with Gasteiger partial charge in [0.1, 0.15) is 0 Å². The first-order chi connectivity index (χ1) is 8.72. The van der Waals surface area contributed by atoms with Gasteiger partial charge in [0.25, 0.3) is 5.91 Å². The van der Waals surface area contributed by atoms with E-state index in [4.69, 9.17) is 0 Å². The summed E-state index contributed by atoms with van der Waals surface area (Å²) < 4.78 is 0.939. The van der Waals surface area contributed by atoms with E-state index in [1.807, 2.05) is 55.6 Å². The second kappa shape index (κ2) is 5.86. The van der Waals surface area contributed by atoms with Crippen molar-refractivity contribution < 1.29 is 4.79 Å². The van der Waals surface area contributed by atoms with Gasteiger partial charge >= 0.3 is 0 Å². The van der Waals surface area contributed by atoms with Crippen molar-refractivity contribution in [3.8, 4) is 0 Å². The Bertz CT molecular complexity index is 569. The van der Waals surface area contributed by atoms with Crippen molar-refractivity contribution in [3.05, 3.63) is 57.7 Å². The van der Waals surface area contributed by atoms with Crippen LogP contribution in [-0.2, 0) is 0 Å². The van der Waals surface area contributed by atoms with Crippen LogP contribution in [0.2, 0.25) is 0 Å². The Hall–Kier alpha value is -1.56. The van der Waals surface area contributed by atoms with Crippen molar-refractivity contribution in [1.82, 2.24) is 0 Å². The summed E-state index contributed by atoms with van der Waals surface area (Å²) in [5.41, 5.74) is 2.37. The molecule has 2 rings (SSSR count). The normalized spacial score (nSPS) is 9.89. The molecule has 92 valence electrons. The lowest BCUT2D eigenvalue weighted by molar-refractivity contribution is 0.102. The van der Waals surface area contributed by atoms with E-state index < -0.39 is 0 Å². The molecule has 0 aromatic heterocycles. The van der Waals surface area contributed by atoms with E-state index in [9.17, 15) is 4.79 Å². The molecule has 3 nitrogen and oxygen atoms in total. The third kappa shape index (κ3) is 2.81. The number of carbonyl (C=O) groups is 1. The van der Waals surface area contributed by atoms with Gasteiger partial charge in [0.2, 0.25) is 0 Å². The van der Waals surface area contributed by atoms with Crippen molar-refractivity contribution in [2.75, 3.05) is 17.7 Å². The second-order valence-corrected chi connectivity index (χ2v) is 4.89. The summed E-state index contributed by atoms with van der Waals surface area (Å²) in [4.78, 5) is 12.2. The maximum Gasteiger partial charge on any atom is 0.256 e. The zero-order chi connectivity index (χ0) is 13.0. The van der Waals surface area contributed by atoms with Crippen molar-refractivity contribution in [2.24, 2.45) is 0 Å². The number of benzene rings is 2. The van der Waals surface area contributed by atoms with Crippen LogP contribution in [0.3, 0.4) is 0 Å². The average Bonchev–Trinajstić information content (AvgIpc) is 2.39. The highest BCUT2D eigenvalue weighted by atomic mass is 127. The van der Waals surface area contributed by atoms with E-state index in [-0.39, 0.29) is 5.91 Å². The Labute approximate surface area is 120 Å². The molecule has 0 aliphatic carbocycles. The summed E-state index contributed by atoms with van der Waals surface area (Å²) >= 11 is 2.16. The minimum atomic E-state index is -0.0947. The Balaban J connectivity index is 2.24. The molecule has 0 saturated heterocycles. The van der Waals surface area contributed by atoms with Gasteiger partial charge < -0.3 is 10.6 Å². The molecule has 0 saturated carbocycles. The van der Waals surface area contributed by atoms with Crippen LogP contribution in [0.4, 0.5) is 11.4 Å². The van der Waals surface area contributed by atoms with E-state index in [2.05, 4.69) is 33.2 Å². The standard InChI is InChI=1S/C14H13IN2O/c1-16-12-8-4-5-9-13(12)17-14(18)10-6-2-3-7-11(10)15/h2-9,16H,1H3,(H,17,18). The van der Waals surface area contributed by atoms with Crippen LogP contribution in [0, 0.1) is 3.57 Å². The van der Waals surface area contributed by atoms with Gasteiger partial charge in [-0.15, -0.1) is 0 Å². The molecule has 0 aliphatic rings. The van der Waals surface area contributed by atoms with E-state index in [1.165, 1.54) is 0 Å². The van der Waals surface area contributed by atoms with Crippen LogP contribution in [-0.4, -0.2) is 13.0 Å². The molecule has 0 spiro atoms. The van der Waals surface area contributed by atoms with Gasteiger partial charge in [0, 0.05) is 10.6 Å². The zero-order valence-corrected chi connectivity index (χ0v) is 12.1. The average molecular weight is 352 g/mol. The highest BCUT2D eigenvalue weighted by Gasteiger charge is 2.10. The number of rotatable bonds is 3. The Morgan fingerprint density at radius 3 is 2.28 bits per heavy atom. The molecule has 0 fully saturated rings. The Morgan fingerprint density at radius 1 is 1.00 bits per heavy atom. The maximum absolute atomic E-state index is 12.2. The fourth-order valence-corrected chi connectivity index (χ4v) is 2.28. The first-order valence-corrected chi connectivity index (χ1v) is 6.63. The number of para-hydroxylation sites is 2. The van der Waals surface area contributed by atoms with Crippen LogP contribution in [0.15, 0.2) is 48.5 Å². The molecular weight excluding hydrogens is 339 g/mol. The third-order valence-corrected chi connectivity index (χ3v) is 3.50. The smallest absolute Gasteiger partial charge is 0.256 e. The third-order valence-electron chi connectivity index (χ3n) is 2.56. The van der Waals surface area contributed by atoms with E-state index >= 15 is 0 Å². The predicted molar refractivity (Wildman–Crippen MR) is 83.1 cm³/mol.